The first-order chi connectivity index (χ1) is 19.6. The van der Waals surface area contributed by atoms with Gasteiger partial charge in [-0.2, -0.15) is 0 Å². The van der Waals surface area contributed by atoms with Gasteiger partial charge in [-0.1, -0.05) is 65.3 Å². The van der Waals surface area contributed by atoms with E-state index in [0.29, 0.717) is 42.3 Å². The van der Waals surface area contributed by atoms with Crippen molar-refractivity contribution in [1.29, 1.82) is 0 Å². The van der Waals surface area contributed by atoms with Crippen LogP contribution in [-0.2, 0) is 20.9 Å². The number of aromatic nitrogens is 2. The summed E-state index contributed by atoms with van der Waals surface area (Å²) in [7, 11) is 0. The van der Waals surface area contributed by atoms with Gasteiger partial charge in [0.25, 0.3) is 0 Å². The molecular formula is C35H45N3O3. The summed E-state index contributed by atoms with van der Waals surface area (Å²) in [5.41, 5.74) is 3.68. The molecule has 218 valence electrons. The van der Waals surface area contributed by atoms with E-state index in [4.69, 9.17) is 9.72 Å². The summed E-state index contributed by atoms with van der Waals surface area (Å²) in [6.07, 6.45) is 3.98. The van der Waals surface area contributed by atoms with Crippen LogP contribution in [0.1, 0.15) is 89.6 Å². The number of hydrogen-bond donors (Lipinski definition) is 0. The van der Waals surface area contributed by atoms with Crippen LogP contribution in [0.15, 0.2) is 48.5 Å². The minimum atomic E-state index is -0.926. The maximum Gasteiger partial charge on any atom is 0.319 e. The largest absolute Gasteiger partial charge is 0.461 e. The summed E-state index contributed by atoms with van der Waals surface area (Å²) >= 11 is 0. The van der Waals surface area contributed by atoms with Crippen LogP contribution >= 0.6 is 0 Å². The number of hydrogen-bond acceptors (Lipinski definition) is 6. The molecule has 5 rings (SSSR count). The van der Waals surface area contributed by atoms with Crippen molar-refractivity contribution in [1.82, 2.24) is 9.97 Å². The summed E-state index contributed by atoms with van der Waals surface area (Å²) in [4.78, 5) is 40.1. The Balaban J connectivity index is 1.55. The molecule has 5 atom stereocenters. The summed E-state index contributed by atoms with van der Waals surface area (Å²) in [5, 5.41) is 0.961. The molecule has 0 spiro atoms. The van der Waals surface area contributed by atoms with Crippen molar-refractivity contribution >= 4 is 28.6 Å². The molecule has 1 aromatic carbocycles. The zero-order chi connectivity index (χ0) is 29.3. The second-order valence-corrected chi connectivity index (χ2v) is 13.1. The number of fused-ring (bicyclic) bond motifs is 2. The van der Waals surface area contributed by atoms with E-state index in [-0.39, 0.29) is 17.9 Å². The predicted molar refractivity (Wildman–Crippen MR) is 163 cm³/mol. The maximum absolute atomic E-state index is 14.3. The quantitative estimate of drug-likeness (QED) is 0.200. The number of ketones is 1. The molecule has 0 radical (unpaired) electrons. The summed E-state index contributed by atoms with van der Waals surface area (Å²) in [6, 6.07) is 15.7. The highest BCUT2D eigenvalue weighted by molar-refractivity contribution is 6.00. The highest BCUT2D eigenvalue weighted by atomic mass is 16.5. The van der Waals surface area contributed by atoms with Gasteiger partial charge in [-0.3, -0.25) is 9.59 Å². The first kappa shape index (κ1) is 29.2. The molecule has 6 heteroatoms. The third kappa shape index (κ3) is 6.32. The van der Waals surface area contributed by atoms with E-state index in [0.717, 1.165) is 53.7 Å². The minimum Gasteiger partial charge on any atom is -0.461 e. The first-order valence-corrected chi connectivity index (χ1v) is 15.4. The number of aryl methyl sites for hydroxylation is 1. The summed E-state index contributed by atoms with van der Waals surface area (Å²) in [6.45, 7) is 13.4. The van der Waals surface area contributed by atoms with Crippen molar-refractivity contribution in [3.63, 3.8) is 0 Å². The monoisotopic (exact) mass is 555 g/mol. The predicted octanol–water partition coefficient (Wildman–Crippen LogP) is 7.63. The number of ether oxygens (including phenoxy) is 1. The third-order valence-corrected chi connectivity index (χ3v) is 9.13. The molecule has 0 N–H and O–H groups in total. The Morgan fingerprint density at radius 2 is 1.76 bits per heavy atom. The Bertz CT molecular complexity index is 1400. The molecule has 0 amide bonds. The van der Waals surface area contributed by atoms with Crippen LogP contribution in [0.25, 0.3) is 11.0 Å². The standard InChI is InChI=1S/C35H45N3O3/c1-21(2)11-17-29(39)32(35(40)41-30-19-23(5)12-16-27(30)22(3)4)33-28-10-8-7-9-26(28)20-38(33)31-18-15-25-14-13-24(6)36-34(25)37-31/h7-10,13-15,18,21-23,27,30,32-33H,11-12,16-17,19-20H2,1-6H3. The number of pyridine rings is 2. The Labute approximate surface area is 244 Å². The van der Waals surface area contributed by atoms with Gasteiger partial charge in [-0.15, -0.1) is 0 Å². The number of anilines is 1. The first-order valence-electron chi connectivity index (χ1n) is 15.4. The Morgan fingerprint density at radius 1 is 1.00 bits per heavy atom. The fourth-order valence-corrected chi connectivity index (χ4v) is 6.74. The number of esters is 1. The van der Waals surface area contributed by atoms with Gasteiger partial charge in [0.05, 0.1) is 6.04 Å². The highest BCUT2D eigenvalue weighted by Crippen LogP contribution is 2.44. The zero-order valence-electron chi connectivity index (χ0n) is 25.5. The normalized spacial score (nSPS) is 23.2. The van der Waals surface area contributed by atoms with Gasteiger partial charge >= 0.3 is 5.97 Å². The molecule has 0 saturated heterocycles. The molecule has 1 aliphatic carbocycles. The molecule has 1 saturated carbocycles. The van der Waals surface area contributed by atoms with Crippen molar-refractivity contribution in [2.45, 2.75) is 92.3 Å². The van der Waals surface area contributed by atoms with Crippen molar-refractivity contribution in [3.8, 4) is 0 Å². The number of Topliss-reactive ketones (excluding diaryl/α,β-unsaturated/α-hetero) is 1. The van der Waals surface area contributed by atoms with Gasteiger partial charge in [-0.05, 0) is 85.3 Å². The molecule has 5 unspecified atom stereocenters. The number of nitrogens with zero attached hydrogens (tertiary/aromatic N) is 3. The van der Waals surface area contributed by atoms with Crippen molar-refractivity contribution < 1.29 is 14.3 Å². The highest BCUT2D eigenvalue weighted by Gasteiger charge is 2.46. The molecule has 0 bridgehead atoms. The SMILES string of the molecule is Cc1ccc2ccc(N3Cc4ccccc4C3C(C(=O)CCC(C)C)C(=O)OC3CC(C)CCC3C(C)C)nc2n1. The van der Waals surface area contributed by atoms with Gasteiger partial charge in [0.15, 0.2) is 5.65 Å². The van der Waals surface area contributed by atoms with Gasteiger partial charge in [0, 0.05) is 24.0 Å². The van der Waals surface area contributed by atoms with Crippen molar-refractivity contribution in [2.24, 2.45) is 29.6 Å². The molecule has 3 heterocycles. The van der Waals surface area contributed by atoms with Crippen LogP contribution in [0.4, 0.5) is 5.82 Å². The molecule has 2 aliphatic rings. The third-order valence-electron chi connectivity index (χ3n) is 9.13. The molecule has 41 heavy (non-hydrogen) atoms. The fraction of sp³-hybridized carbons (Fsp3) is 0.543. The van der Waals surface area contributed by atoms with E-state index >= 15 is 0 Å². The smallest absolute Gasteiger partial charge is 0.319 e. The molecule has 6 nitrogen and oxygen atoms in total. The van der Waals surface area contributed by atoms with E-state index in [9.17, 15) is 9.59 Å². The molecule has 1 aliphatic heterocycles. The van der Waals surface area contributed by atoms with Crippen LogP contribution < -0.4 is 4.90 Å². The van der Waals surface area contributed by atoms with Crippen LogP contribution in [0, 0.1) is 36.5 Å². The van der Waals surface area contributed by atoms with E-state index in [1.54, 1.807) is 0 Å². The summed E-state index contributed by atoms with van der Waals surface area (Å²) < 4.78 is 6.40. The topological polar surface area (TPSA) is 72.4 Å². The second kappa shape index (κ2) is 12.3. The van der Waals surface area contributed by atoms with Gasteiger partial charge in [0.1, 0.15) is 23.6 Å². The lowest BCUT2D eigenvalue weighted by Crippen LogP contribution is -2.43. The van der Waals surface area contributed by atoms with Gasteiger partial charge < -0.3 is 9.64 Å². The Hall–Kier alpha value is -3.28. The summed E-state index contributed by atoms with van der Waals surface area (Å²) in [5.74, 6) is 0.952. The lowest BCUT2D eigenvalue weighted by Gasteiger charge is -2.38. The Morgan fingerprint density at radius 3 is 2.51 bits per heavy atom. The van der Waals surface area contributed by atoms with Crippen LogP contribution in [0.2, 0.25) is 0 Å². The van der Waals surface area contributed by atoms with Crippen LogP contribution in [0.5, 0.6) is 0 Å². The van der Waals surface area contributed by atoms with E-state index in [1.807, 2.05) is 43.3 Å². The maximum atomic E-state index is 14.3. The lowest BCUT2D eigenvalue weighted by molar-refractivity contribution is -0.164. The average molecular weight is 556 g/mol. The van der Waals surface area contributed by atoms with Gasteiger partial charge in [-0.25, -0.2) is 9.97 Å². The van der Waals surface area contributed by atoms with Gasteiger partial charge in [0.2, 0.25) is 0 Å². The van der Waals surface area contributed by atoms with E-state index < -0.39 is 12.0 Å². The van der Waals surface area contributed by atoms with Crippen LogP contribution in [0.3, 0.4) is 0 Å². The zero-order valence-corrected chi connectivity index (χ0v) is 25.5. The number of benzene rings is 1. The Kier molecular flexibility index (Phi) is 8.77. The second-order valence-electron chi connectivity index (χ2n) is 13.1. The van der Waals surface area contributed by atoms with Crippen LogP contribution in [-0.4, -0.2) is 27.8 Å². The minimum absolute atomic E-state index is 0.0462. The molecular weight excluding hydrogens is 510 g/mol. The molecule has 3 aromatic rings. The fourth-order valence-electron chi connectivity index (χ4n) is 6.74. The number of rotatable bonds is 9. The molecule has 1 fully saturated rings. The number of carbonyl (C=O) groups is 2. The van der Waals surface area contributed by atoms with Crippen molar-refractivity contribution in [2.75, 3.05) is 4.90 Å². The molecule has 2 aromatic heterocycles. The lowest BCUT2D eigenvalue weighted by atomic mass is 9.75. The van der Waals surface area contributed by atoms with Crippen molar-refractivity contribution in [3.05, 3.63) is 65.4 Å². The number of carbonyl (C=O) groups excluding carboxylic acids is 2. The average Bonchev–Trinajstić information content (AvgIpc) is 3.30. The van der Waals surface area contributed by atoms with E-state index in [2.05, 4.69) is 56.6 Å². The van der Waals surface area contributed by atoms with E-state index in [1.165, 1.54) is 0 Å².